The summed E-state index contributed by atoms with van der Waals surface area (Å²) in [6.07, 6.45) is 1.18. The van der Waals surface area contributed by atoms with Crippen molar-refractivity contribution in [1.29, 1.82) is 5.26 Å². The Balaban J connectivity index is 1.27. The minimum Gasteiger partial charge on any atom is -0.321 e. The normalized spacial score (nSPS) is 11.0. The van der Waals surface area contributed by atoms with Crippen LogP contribution < -0.4 is 16.0 Å². The molecule has 3 amide bonds. The molecule has 0 fully saturated rings. The number of hydrogen-bond acceptors (Lipinski definition) is 6. The third-order valence-electron chi connectivity index (χ3n) is 6.80. The van der Waals surface area contributed by atoms with Gasteiger partial charge in [0.1, 0.15) is 22.6 Å². The Morgan fingerprint density at radius 1 is 0.957 bits per heavy atom. The molecule has 1 aromatic heterocycles. The molecule has 0 bridgehead atoms. The monoisotopic (exact) mass is 680 g/mol. The van der Waals surface area contributed by atoms with Gasteiger partial charge in [-0.3, -0.25) is 14.4 Å². The van der Waals surface area contributed by atoms with Crippen LogP contribution in [0.5, 0.6) is 0 Å². The Kier molecular flexibility index (Phi) is 10.9. The fourth-order valence-corrected chi connectivity index (χ4v) is 6.32. The van der Waals surface area contributed by atoms with Gasteiger partial charge in [-0.2, -0.15) is 5.26 Å². The first-order chi connectivity index (χ1) is 22.7. The Bertz CT molecular complexity index is 2000. The number of hydrogen-bond donors (Lipinski definition) is 3. The number of halogens is 2. The van der Waals surface area contributed by atoms with Crippen LogP contribution >= 0.6 is 34.7 Å². The topological polar surface area (TPSA) is 111 Å². The highest BCUT2D eigenvalue weighted by Crippen LogP contribution is 2.35. The van der Waals surface area contributed by atoms with E-state index in [9.17, 15) is 24.0 Å². The van der Waals surface area contributed by atoms with E-state index < -0.39 is 17.6 Å². The van der Waals surface area contributed by atoms with E-state index in [1.165, 1.54) is 47.4 Å². The molecular weight excluding hydrogens is 655 g/mol. The zero-order chi connectivity index (χ0) is 33.3. The second-order valence-corrected chi connectivity index (χ2v) is 12.5. The van der Waals surface area contributed by atoms with E-state index in [4.69, 9.17) is 11.6 Å². The van der Waals surface area contributed by atoms with E-state index in [0.29, 0.717) is 26.7 Å². The Morgan fingerprint density at radius 3 is 2.43 bits per heavy atom. The van der Waals surface area contributed by atoms with Gasteiger partial charge in [-0.15, -0.1) is 23.1 Å². The number of rotatable bonds is 10. The highest BCUT2D eigenvalue weighted by molar-refractivity contribution is 8.00. The zero-order valence-corrected chi connectivity index (χ0v) is 27.2. The van der Waals surface area contributed by atoms with Crippen LogP contribution in [-0.4, -0.2) is 23.5 Å². The van der Waals surface area contributed by atoms with Gasteiger partial charge in [-0.25, -0.2) is 4.39 Å². The van der Waals surface area contributed by atoms with Gasteiger partial charge in [-0.1, -0.05) is 71.8 Å². The number of nitriles is 1. The van der Waals surface area contributed by atoms with Gasteiger partial charge in [0.15, 0.2) is 0 Å². The standard InChI is InChI=1S/C36H26ClFN4O3S2/c1-22-13-15-23(16-14-22)29-20-47-36(28(29)19-39)42-33(43)21-46-26-10-5-9-25(17-26)40-35(45)32(18-27-30(37)11-6-12-31(27)38)41-34(44)24-7-3-2-4-8-24/h2-18,20H,21H2,1H3,(H,40,45)(H,41,44)(H,42,43)/b32-18+. The molecule has 0 spiro atoms. The third-order valence-corrected chi connectivity index (χ3v) is 9.02. The molecule has 0 radical (unpaired) electrons. The smallest absolute Gasteiger partial charge is 0.272 e. The van der Waals surface area contributed by atoms with Crippen molar-refractivity contribution in [2.24, 2.45) is 0 Å². The number of nitrogens with one attached hydrogen (secondary N) is 3. The summed E-state index contributed by atoms with van der Waals surface area (Å²) in [5.41, 5.74) is 3.57. The number of thiophene rings is 1. The summed E-state index contributed by atoms with van der Waals surface area (Å²) < 4.78 is 14.6. The number of aryl methyl sites for hydroxylation is 1. The number of benzene rings is 4. The molecule has 0 aliphatic rings. The number of anilines is 2. The fraction of sp³-hybridized carbons (Fsp3) is 0.0556. The number of nitrogens with zero attached hydrogens (tertiary/aromatic N) is 1. The van der Waals surface area contributed by atoms with E-state index >= 15 is 0 Å². The molecule has 1 heterocycles. The Labute approximate surface area is 284 Å². The average Bonchev–Trinajstić information content (AvgIpc) is 3.48. The Hall–Kier alpha value is -5.21. The molecule has 0 atom stereocenters. The maximum absolute atomic E-state index is 14.6. The predicted molar refractivity (Wildman–Crippen MR) is 187 cm³/mol. The molecule has 3 N–H and O–H groups in total. The number of thioether (sulfide) groups is 1. The summed E-state index contributed by atoms with van der Waals surface area (Å²) in [5, 5.41) is 20.3. The SMILES string of the molecule is Cc1ccc(-c2csc(NC(=O)CSc3cccc(NC(=O)/C(=C\c4c(F)cccc4Cl)NC(=O)c4ccccc4)c3)c2C#N)cc1. The van der Waals surface area contributed by atoms with E-state index in [0.717, 1.165) is 16.7 Å². The van der Waals surface area contributed by atoms with Crippen LogP contribution in [0.1, 0.15) is 27.0 Å². The lowest BCUT2D eigenvalue weighted by Gasteiger charge is -2.13. The molecule has 0 aliphatic carbocycles. The van der Waals surface area contributed by atoms with Crippen LogP contribution in [0.15, 0.2) is 113 Å². The number of amides is 3. The van der Waals surface area contributed by atoms with Crippen LogP contribution in [0.2, 0.25) is 5.02 Å². The summed E-state index contributed by atoms with van der Waals surface area (Å²) in [6, 6.07) is 29.2. The van der Waals surface area contributed by atoms with Gasteiger partial charge >= 0.3 is 0 Å². The number of carbonyl (C=O) groups excluding carboxylic acids is 3. The van der Waals surface area contributed by atoms with Crippen molar-refractivity contribution in [3.63, 3.8) is 0 Å². The Morgan fingerprint density at radius 2 is 1.70 bits per heavy atom. The van der Waals surface area contributed by atoms with Crippen molar-refractivity contribution in [3.8, 4) is 17.2 Å². The highest BCUT2D eigenvalue weighted by atomic mass is 35.5. The van der Waals surface area contributed by atoms with Crippen molar-refractivity contribution < 1.29 is 18.8 Å². The number of carbonyl (C=O) groups is 3. The molecule has 11 heteroatoms. The molecule has 7 nitrogen and oxygen atoms in total. The van der Waals surface area contributed by atoms with E-state index in [2.05, 4.69) is 22.0 Å². The third kappa shape index (κ3) is 8.54. The first-order valence-corrected chi connectivity index (χ1v) is 16.4. The largest absolute Gasteiger partial charge is 0.321 e. The van der Waals surface area contributed by atoms with E-state index in [-0.39, 0.29) is 27.9 Å². The first kappa shape index (κ1) is 33.2. The highest BCUT2D eigenvalue weighted by Gasteiger charge is 2.18. The van der Waals surface area contributed by atoms with E-state index in [1.54, 1.807) is 54.6 Å². The molecule has 0 unspecified atom stereocenters. The lowest BCUT2D eigenvalue weighted by atomic mass is 10.0. The molecule has 4 aromatic carbocycles. The fourth-order valence-electron chi connectivity index (χ4n) is 4.42. The molecule has 47 heavy (non-hydrogen) atoms. The van der Waals surface area contributed by atoms with Crippen molar-refractivity contribution in [3.05, 3.63) is 141 Å². The molecule has 0 saturated carbocycles. The van der Waals surface area contributed by atoms with Gasteiger partial charge in [0.05, 0.1) is 16.3 Å². The predicted octanol–water partition coefficient (Wildman–Crippen LogP) is 8.53. The summed E-state index contributed by atoms with van der Waals surface area (Å²) >= 11 is 8.72. The first-order valence-electron chi connectivity index (χ1n) is 14.2. The van der Waals surface area contributed by atoms with Crippen LogP contribution in [0.4, 0.5) is 15.1 Å². The second kappa shape index (κ2) is 15.4. The van der Waals surface area contributed by atoms with Gasteiger partial charge in [0.25, 0.3) is 11.8 Å². The molecule has 0 saturated heterocycles. The van der Waals surface area contributed by atoms with Gasteiger partial charge < -0.3 is 16.0 Å². The maximum Gasteiger partial charge on any atom is 0.272 e. The van der Waals surface area contributed by atoms with Gasteiger partial charge in [0, 0.05) is 32.7 Å². The van der Waals surface area contributed by atoms with E-state index in [1.807, 2.05) is 36.6 Å². The minimum absolute atomic E-state index is 0.0457. The summed E-state index contributed by atoms with van der Waals surface area (Å²) in [6.45, 7) is 1.99. The van der Waals surface area contributed by atoms with Crippen LogP contribution in [0.25, 0.3) is 17.2 Å². The van der Waals surface area contributed by atoms with Crippen LogP contribution in [0.3, 0.4) is 0 Å². The second-order valence-electron chi connectivity index (χ2n) is 10.2. The molecule has 5 aromatic rings. The maximum atomic E-state index is 14.6. The van der Waals surface area contributed by atoms with Gasteiger partial charge in [0.2, 0.25) is 5.91 Å². The lowest BCUT2D eigenvalue weighted by molar-refractivity contribution is -0.114. The summed E-state index contributed by atoms with van der Waals surface area (Å²) in [5.74, 6) is -2.19. The lowest BCUT2D eigenvalue weighted by Crippen LogP contribution is -2.30. The molecular formula is C36H26ClFN4O3S2. The molecule has 0 aliphatic heterocycles. The van der Waals surface area contributed by atoms with Gasteiger partial charge in [-0.05, 0) is 61.0 Å². The summed E-state index contributed by atoms with van der Waals surface area (Å²) in [4.78, 5) is 39.9. The zero-order valence-electron chi connectivity index (χ0n) is 24.8. The quantitative estimate of drug-likeness (QED) is 0.101. The van der Waals surface area contributed by atoms with Crippen molar-refractivity contribution in [2.45, 2.75) is 11.8 Å². The summed E-state index contributed by atoms with van der Waals surface area (Å²) in [7, 11) is 0. The van der Waals surface area contributed by atoms with Crippen molar-refractivity contribution in [1.82, 2.24) is 5.32 Å². The van der Waals surface area contributed by atoms with Crippen LogP contribution in [0, 0.1) is 24.1 Å². The van der Waals surface area contributed by atoms with Crippen molar-refractivity contribution in [2.75, 3.05) is 16.4 Å². The average molecular weight is 681 g/mol. The molecule has 234 valence electrons. The minimum atomic E-state index is -0.709. The van der Waals surface area contributed by atoms with Crippen molar-refractivity contribution >= 4 is 69.2 Å². The van der Waals surface area contributed by atoms with Crippen LogP contribution in [-0.2, 0) is 9.59 Å². The molecule has 5 rings (SSSR count).